The van der Waals surface area contributed by atoms with Gasteiger partial charge in [-0.3, -0.25) is 0 Å². The van der Waals surface area contributed by atoms with Crippen LogP contribution in [-0.2, 0) is 9.47 Å². The first-order valence-corrected chi connectivity index (χ1v) is 9.99. The van der Waals surface area contributed by atoms with Gasteiger partial charge in [0, 0.05) is 19.3 Å². The highest BCUT2D eigenvalue weighted by molar-refractivity contribution is 5.56. The van der Waals surface area contributed by atoms with E-state index in [-0.39, 0.29) is 0 Å². The number of rotatable bonds is 13. The molecule has 154 valence electrons. The zero-order chi connectivity index (χ0) is 20.6. The first-order valence-electron chi connectivity index (χ1n) is 9.99. The van der Waals surface area contributed by atoms with Crippen molar-refractivity contribution < 1.29 is 14.2 Å². The molecule has 2 aromatic carbocycles. The summed E-state index contributed by atoms with van der Waals surface area (Å²) < 4.78 is 16.3. The van der Waals surface area contributed by atoms with Crippen molar-refractivity contribution in [3.8, 4) is 5.75 Å². The summed E-state index contributed by atoms with van der Waals surface area (Å²) in [7, 11) is 1.92. The van der Waals surface area contributed by atoms with Gasteiger partial charge >= 0.3 is 0 Å². The lowest BCUT2D eigenvalue weighted by Gasteiger charge is -2.07. The molecule has 0 aliphatic rings. The summed E-state index contributed by atoms with van der Waals surface area (Å²) in [5.41, 5.74) is 3.41. The molecule has 2 rings (SSSR count). The molecule has 0 unspecified atom stereocenters. The maximum absolute atomic E-state index is 5.66. The molecule has 0 saturated heterocycles. The van der Waals surface area contributed by atoms with Crippen molar-refractivity contribution in [1.29, 1.82) is 0 Å². The second-order valence-electron chi connectivity index (χ2n) is 6.20. The Hall–Kier alpha value is -2.82. The molecule has 4 nitrogen and oxygen atoms in total. The first-order chi connectivity index (χ1) is 14.3. The zero-order valence-corrected chi connectivity index (χ0v) is 17.3. The Morgan fingerprint density at radius 1 is 0.690 bits per heavy atom. The van der Waals surface area contributed by atoms with Crippen LogP contribution in [0.15, 0.2) is 72.8 Å². The van der Waals surface area contributed by atoms with E-state index in [1.807, 2.05) is 62.5 Å². The quantitative estimate of drug-likeness (QED) is 0.363. The Bertz CT molecular complexity index is 762. The maximum Gasteiger partial charge on any atom is 0.119 e. The summed E-state index contributed by atoms with van der Waals surface area (Å²) >= 11 is 0. The van der Waals surface area contributed by atoms with Crippen LogP contribution in [0, 0.1) is 0 Å². The first kappa shape index (κ1) is 22.5. The van der Waals surface area contributed by atoms with E-state index >= 15 is 0 Å². The van der Waals surface area contributed by atoms with Crippen molar-refractivity contribution in [2.45, 2.75) is 6.92 Å². The van der Waals surface area contributed by atoms with E-state index in [0.29, 0.717) is 26.4 Å². The van der Waals surface area contributed by atoms with E-state index in [1.165, 1.54) is 5.56 Å². The van der Waals surface area contributed by atoms with Crippen LogP contribution in [0.1, 0.15) is 18.1 Å². The largest absolute Gasteiger partial charge is 0.491 e. The van der Waals surface area contributed by atoms with Crippen LogP contribution < -0.4 is 10.1 Å². The summed E-state index contributed by atoms with van der Waals surface area (Å²) in [5, 5.41) is 3.11. The van der Waals surface area contributed by atoms with Gasteiger partial charge in [0.2, 0.25) is 0 Å². The van der Waals surface area contributed by atoms with Crippen LogP contribution in [0.3, 0.4) is 0 Å². The second-order valence-corrected chi connectivity index (χ2v) is 6.20. The summed E-state index contributed by atoms with van der Waals surface area (Å²) in [6.45, 7) is 5.03. The van der Waals surface area contributed by atoms with Crippen LogP contribution in [0.2, 0.25) is 0 Å². The fraction of sp³-hybridized carbons (Fsp3) is 0.280. The van der Waals surface area contributed by atoms with Gasteiger partial charge in [0.1, 0.15) is 12.4 Å². The van der Waals surface area contributed by atoms with Crippen molar-refractivity contribution in [2.75, 3.05) is 45.4 Å². The molecule has 0 saturated carbocycles. The van der Waals surface area contributed by atoms with Crippen LogP contribution in [0.25, 0.3) is 12.2 Å². The molecule has 0 aromatic heterocycles. The third kappa shape index (κ3) is 9.79. The molecule has 1 N–H and O–H groups in total. The number of ether oxygens (including phenoxy) is 3. The maximum atomic E-state index is 5.66. The minimum atomic E-state index is 0.536. The van der Waals surface area contributed by atoms with Gasteiger partial charge in [-0.25, -0.2) is 0 Å². The smallest absolute Gasteiger partial charge is 0.119 e. The molecule has 0 aliphatic heterocycles. The number of allylic oxidation sites excluding steroid dienone is 4. The average Bonchev–Trinajstić information content (AvgIpc) is 2.77. The SMILES string of the molecule is CCOCCOCCOc1ccc(/C=C/C=C/C=C/c2ccc(NC)cc2)cc1. The van der Waals surface area contributed by atoms with E-state index in [0.717, 1.165) is 23.6 Å². The third-order valence-corrected chi connectivity index (χ3v) is 4.06. The molecule has 0 amide bonds. The Balaban J connectivity index is 1.66. The Labute approximate surface area is 174 Å². The van der Waals surface area contributed by atoms with Gasteiger partial charge in [0.05, 0.1) is 19.8 Å². The van der Waals surface area contributed by atoms with E-state index in [4.69, 9.17) is 14.2 Å². The van der Waals surface area contributed by atoms with Gasteiger partial charge in [-0.15, -0.1) is 0 Å². The van der Waals surface area contributed by atoms with Crippen molar-refractivity contribution in [1.82, 2.24) is 0 Å². The monoisotopic (exact) mass is 393 g/mol. The van der Waals surface area contributed by atoms with Gasteiger partial charge in [-0.2, -0.15) is 0 Å². The molecule has 29 heavy (non-hydrogen) atoms. The van der Waals surface area contributed by atoms with Crippen LogP contribution in [0.4, 0.5) is 5.69 Å². The molecule has 0 spiro atoms. The van der Waals surface area contributed by atoms with Gasteiger partial charge in [-0.1, -0.05) is 60.7 Å². The van der Waals surface area contributed by atoms with Crippen molar-refractivity contribution in [3.05, 3.63) is 84.0 Å². The third-order valence-electron chi connectivity index (χ3n) is 4.06. The lowest BCUT2D eigenvalue weighted by atomic mass is 10.2. The van der Waals surface area contributed by atoms with Crippen LogP contribution in [0.5, 0.6) is 5.75 Å². The fourth-order valence-electron chi connectivity index (χ4n) is 2.48. The minimum Gasteiger partial charge on any atom is -0.491 e. The topological polar surface area (TPSA) is 39.7 Å². The van der Waals surface area contributed by atoms with Gasteiger partial charge in [-0.05, 0) is 42.3 Å². The molecule has 0 aliphatic carbocycles. The number of hydrogen-bond donors (Lipinski definition) is 1. The second kappa shape index (κ2) is 14.2. The van der Waals surface area contributed by atoms with Gasteiger partial charge in [0.15, 0.2) is 0 Å². The fourth-order valence-corrected chi connectivity index (χ4v) is 2.48. The van der Waals surface area contributed by atoms with E-state index in [2.05, 4.69) is 41.7 Å². The molecule has 0 bridgehead atoms. The summed E-state index contributed by atoms with van der Waals surface area (Å²) in [5.74, 6) is 0.846. The number of anilines is 1. The predicted molar refractivity (Wildman–Crippen MR) is 122 cm³/mol. The summed E-state index contributed by atoms with van der Waals surface area (Å²) in [4.78, 5) is 0. The standard InChI is InChI=1S/C25H31NO3/c1-3-27-18-19-28-20-21-29-25-16-12-23(13-17-25)9-7-5-4-6-8-22-10-14-24(26-2)15-11-22/h4-17,26H,3,18-21H2,1-2H3/b5-4+,8-6+,9-7+. The normalized spacial score (nSPS) is 11.7. The van der Waals surface area contributed by atoms with Crippen LogP contribution in [-0.4, -0.2) is 40.1 Å². The minimum absolute atomic E-state index is 0.536. The highest BCUT2D eigenvalue weighted by Crippen LogP contribution is 2.13. The molecular weight excluding hydrogens is 362 g/mol. The summed E-state index contributed by atoms with van der Waals surface area (Å²) in [6, 6.07) is 16.3. The van der Waals surface area contributed by atoms with E-state index < -0.39 is 0 Å². The van der Waals surface area contributed by atoms with Gasteiger partial charge < -0.3 is 19.5 Å². The van der Waals surface area contributed by atoms with Crippen molar-refractivity contribution in [2.24, 2.45) is 0 Å². The van der Waals surface area contributed by atoms with Crippen molar-refractivity contribution in [3.63, 3.8) is 0 Å². The Morgan fingerprint density at radius 3 is 1.83 bits per heavy atom. The number of nitrogens with one attached hydrogen (secondary N) is 1. The molecular formula is C25H31NO3. The number of benzene rings is 2. The van der Waals surface area contributed by atoms with Crippen molar-refractivity contribution >= 4 is 17.8 Å². The predicted octanol–water partition coefficient (Wildman–Crippen LogP) is 5.44. The summed E-state index contributed by atoms with van der Waals surface area (Å²) in [6.07, 6.45) is 12.2. The molecule has 4 heteroatoms. The number of hydrogen-bond acceptors (Lipinski definition) is 4. The molecule has 0 atom stereocenters. The lowest BCUT2D eigenvalue weighted by Crippen LogP contribution is -2.10. The Morgan fingerprint density at radius 2 is 1.24 bits per heavy atom. The average molecular weight is 394 g/mol. The van der Waals surface area contributed by atoms with E-state index in [1.54, 1.807) is 0 Å². The van der Waals surface area contributed by atoms with E-state index in [9.17, 15) is 0 Å². The Kier molecular flexibility index (Phi) is 11.0. The molecule has 2 aromatic rings. The van der Waals surface area contributed by atoms with Crippen LogP contribution >= 0.6 is 0 Å². The zero-order valence-electron chi connectivity index (χ0n) is 17.3. The molecule has 0 radical (unpaired) electrons. The highest BCUT2D eigenvalue weighted by Gasteiger charge is 1.94. The lowest BCUT2D eigenvalue weighted by molar-refractivity contribution is 0.0405. The highest BCUT2D eigenvalue weighted by atomic mass is 16.5. The molecule has 0 heterocycles. The van der Waals surface area contributed by atoms with Gasteiger partial charge in [0.25, 0.3) is 0 Å². The molecule has 0 fully saturated rings.